The molecule has 0 aliphatic carbocycles. The fourth-order valence-corrected chi connectivity index (χ4v) is 3.99. The molecular weight excluding hydrogens is 444 g/mol. The Kier molecular flexibility index (Phi) is 7.30. The van der Waals surface area contributed by atoms with E-state index in [-0.39, 0.29) is 5.97 Å². The number of nitrogens with zero attached hydrogens (tertiary/aromatic N) is 2. The van der Waals surface area contributed by atoms with Crippen molar-refractivity contribution in [2.45, 2.75) is 45.1 Å². The highest BCUT2D eigenvalue weighted by molar-refractivity contribution is 6.30. The first kappa shape index (κ1) is 23.3. The molecule has 4 rings (SSSR count). The minimum Gasteiger partial charge on any atom is -0.492 e. The zero-order valence-corrected chi connectivity index (χ0v) is 19.6. The third kappa shape index (κ3) is 5.54. The van der Waals surface area contributed by atoms with Crippen LogP contribution in [-0.4, -0.2) is 41.4 Å². The molecule has 7 nitrogen and oxygen atoms in total. The van der Waals surface area contributed by atoms with Crippen LogP contribution < -0.4 is 4.74 Å². The van der Waals surface area contributed by atoms with Gasteiger partial charge in [-0.3, -0.25) is 4.98 Å². The topological polar surface area (TPSA) is 83.7 Å². The molecule has 174 valence electrons. The van der Waals surface area contributed by atoms with Gasteiger partial charge in [0, 0.05) is 35.7 Å². The molecule has 0 N–H and O–H groups in total. The monoisotopic (exact) mass is 470 g/mol. The number of aryl methyl sites for hydroxylation is 1. The van der Waals surface area contributed by atoms with Gasteiger partial charge in [0.05, 0.1) is 25.1 Å². The summed E-state index contributed by atoms with van der Waals surface area (Å²) in [6.45, 7) is 5.01. The van der Waals surface area contributed by atoms with Crippen molar-refractivity contribution in [3.8, 4) is 17.2 Å². The van der Waals surface area contributed by atoms with Gasteiger partial charge in [0.15, 0.2) is 5.60 Å². The molecule has 1 fully saturated rings. The molecule has 3 heterocycles. The first-order valence-electron chi connectivity index (χ1n) is 11.1. The average Bonchev–Trinajstić information content (AvgIpc) is 3.43. The van der Waals surface area contributed by atoms with Crippen molar-refractivity contribution >= 4 is 17.6 Å². The summed E-state index contributed by atoms with van der Waals surface area (Å²) in [4.78, 5) is 21.5. The van der Waals surface area contributed by atoms with Gasteiger partial charge in [-0.1, -0.05) is 11.6 Å². The molecule has 0 spiro atoms. The van der Waals surface area contributed by atoms with Gasteiger partial charge in [-0.25, -0.2) is 9.78 Å². The second-order valence-electron chi connectivity index (χ2n) is 7.96. The normalized spacial score (nSPS) is 17.8. The van der Waals surface area contributed by atoms with Gasteiger partial charge in [-0.2, -0.15) is 0 Å². The number of benzene rings is 1. The van der Waals surface area contributed by atoms with E-state index < -0.39 is 5.60 Å². The molecule has 2 aromatic heterocycles. The molecule has 1 saturated heterocycles. The average molecular weight is 471 g/mol. The van der Waals surface area contributed by atoms with E-state index in [0.29, 0.717) is 55.7 Å². The fraction of sp³-hybridized carbons (Fsp3) is 0.400. The van der Waals surface area contributed by atoms with Gasteiger partial charge < -0.3 is 18.6 Å². The Morgan fingerprint density at radius 1 is 1.21 bits per heavy atom. The Morgan fingerprint density at radius 2 is 2.03 bits per heavy atom. The molecule has 0 bridgehead atoms. The highest BCUT2D eigenvalue weighted by Crippen LogP contribution is 2.31. The summed E-state index contributed by atoms with van der Waals surface area (Å²) in [5.74, 6) is 1.66. The highest BCUT2D eigenvalue weighted by Gasteiger charge is 2.44. The van der Waals surface area contributed by atoms with Crippen molar-refractivity contribution in [1.82, 2.24) is 9.97 Å². The number of halogens is 1. The van der Waals surface area contributed by atoms with Crippen LogP contribution in [0.25, 0.3) is 11.5 Å². The number of oxazole rings is 1. The summed E-state index contributed by atoms with van der Waals surface area (Å²) in [6, 6.07) is 11.1. The van der Waals surface area contributed by atoms with Gasteiger partial charge >= 0.3 is 5.97 Å². The van der Waals surface area contributed by atoms with E-state index >= 15 is 0 Å². The minimum atomic E-state index is -0.933. The predicted molar refractivity (Wildman–Crippen MR) is 123 cm³/mol. The number of hydrogen-bond acceptors (Lipinski definition) is 7. The third-order valence-corrected chi connectivity index (χ3v) is 5.86. The molecule has 0 radical (unpaired) electrons. The van der Waals surface area contributed by atoms with Crippen LogP contribution in [0.2, 0.25) is 5.02 Å². The van der Waals surface area contributed by atoms with E-state index in [0.717, 1.165) is 29.1 Å². The molecular formula is C25H27ClN2O5. The van der Waals surface area contributed by atoms with Gasteiger partial charge in [0.25, 0.3) is 0 Å². The maximum absolute atomic E-state index is 12.4. The van der Waals surface area contributed by atoms with Gasteiger partial charge in [-0.15, -0.1) is 0 Å². The van der Waals surface area contributed by atoms with Crippen LogP contribution in [0.1, 0.15) is 36.9 Å². The van der Waals surface area contributed by atoms with Gasteiger partial charge in [0.2, 0.25) is 5.89 Å². The zero-order valence-electron chi connectivity index (χ0n) is 18.8. The van der Waals surface area contributed by atoms with Crippen molar-refractivity contribution in [2.75, 3.05) is 19.8 Å². The third-order valence-electron chi connectivity index (χ3n) is 5.61. The second-order valence-corrected chi connectivity index (χ2v) is 8.39. The fourth-order valence-electron chi connectivity index (χ4n) is 3.87. The summed E-state index contributed by atoms with van der Waals surface area (Å²) >= 11 is 5.95. The lowest BCUT2D eigenvalue weighted by Gasteiger charge is -2.25. The van der Waals surface area contributed by atoms with Crippen molar-refractivity contribution in [2.24, 2.45) is 0 Å². The number of carbonyl (C=O) groups is 1. The van der Waals surface area contributed by atoms with Crippen LogP contribution in [-0.2, 0) is 27.1 Å². The second kappa shape index (κ2) is 10.4. The number of hydrogen-bond donors (Lipinski definition) is 0. The Balaban J connectivity index is 1.33. The lowest BCUT2D eigenvalue weighted by atomic mass is 9.94. The van der Waals surface area contributed by atoms with E-state index in [1.165, 1.54) is 0 Å². The molecule has 1 atom stereocenters. The number of aromatic nitrogens is 2. The smallest absolute Gasteiger partial charge is 0.338 e. The molecule has 0 amide bonds. The predicted octanol–water partition coefficient (Wildman–Crippen LogP) is 4.97. The Bertz CT molecular complexity index is 1070. The van der Waals surface area contributed by atoms with Crippen LogP contribution in [0.5, 0.6) is 5.75 Å². The largest absolute Gasteiger partial charge is 0.492 e. The first-order valence-corrected chi connectivity index (χ1v) is 11.5. The van der Waals surface area contributed by atoms with Gasteiger partial charge in [0.1, 0.15) is 11.5 Å². The number of ether oxygens (including phenoxy) is 3. The summed E-state index contributed by atoms with van der Waals surface area (Å²) in [6.07, 6.45) is 4.13. The molecule has 33 heavy (non-hydrogen) atoms. The number of pyridine rings is 1. The molecule has 3 aromatic rings. The molecule has 1 aromatic carbocycles. The maximum Gasteiger partial charge on any atom is 0.338 e. The van der Waals surface area contributed by atoms with Gasteiger partial charge in [-0.05, 0) is 63.1 Å². The van der Waals surface area contributed by atoms with Crippen LogP contribution in [0, 0.1) is 6.92 Å². The van der Waals surface area contributed by atoms with Crippen LogP contribution in [0.3, 0.4) is 0 Å². The maximum atomic E-state index is 12.4. The summed E-state index contributed by atoms with van der Waals surface area (Å²) in [5, 5.41) is 0.669. The van der Waals surface area contributed by atoms with E-state index in [9.17, 15) is 4.79 Å². The quantitative estimate of drug-likeness (QED) is 0.408. The van der Waals surface area contributed by atoms with Crippen molar-refractivity contribution in [3.63, 3.8) is 0 Å². The first-order chi connectivity index (χ1) is 16.0. The molecule has 8 heteroatoms. The minimum absolute atomic E-state index is 0.314. The Morgan fingerprint density at radius 3 is 2.70 bits per heavy atom. The highest BCUT2D eigenvalue weighted by atomic mass is 35.5. The molecule has 1 aliphatic heterocycles. The Labute approximate surface area is 198 Å². The number of esters is 1. The van der Waals surface area contributed by atoms with Crippen molar-refractivity contribution in [3.05, 3.63) is 64.8 Å². The molecule has 0 saturated carbocycles. The lowest BCUT2D eigenvalue weighted by molar-refractivity contribution is -0.166. The van der Waals surface area contributed by atoms with E-state index in [1.807, 2.05) is 43.3 Å². The van der Waals surface area contributed by atoms with Crippen molar-refractivity contribution < 1.29 is 23.4 Å². The number of rotatable bonds is 9. The van der Waals surface area contributed by atoms with E-state index in [4.69, 9.17) is 30.2 Å². The lowest BCUT2D eigenvalue weighted by Crippen LogP contribution is -2.42. The summed E-state index contributed by atoms with van der Waals surface area (Å²) in [5.41, 5.74) is 1.55. The van der Waals surface area contributed by atoms with Crippen LogP contribution in [0.15, 0.2) is 47.0 Å². The van der Waals surface area contributed by atoms with E-state index in [2.05, 4.69) is 9.97 Å². The molecule has 1 unspecified atom stereocenters. The Hall–Kier alpha value is -2.90. The molecule has 1 aliphatic rings. The summed E-state index contributed by atoms with van der Waals surface area (Å²) < 4.78 is 22.7. The summed E-state index contributed by atoms with van der Waals surface area (Å²) in [7, 11) is 0. The SMILES string of the molecule is CCOC(=O)C1(Cc2ccc(OCCc3nc(-c4ccc(Cl)cc4)oc3C)cn2)CCCO1. The standard InChI is InChI=1S/C25H27ClN2O5/c1-3-30-24(29)25(12-4-13-32-25)15-20-9-10-21(16-27-20)31-14-11-22-17(2)33-23(28-22)18-5-7-19(26)8-6-18/h5-10,16H,3-4,11-15H2,1-2H3. The van der Waals surface area contributed by atoms with Crippen LogP contribution >= 0.6 is 11.6 Å². The zero-order chi connectivity index (χ0) is 23.3. The van der Waals surface area contributed by atoms with Crippen LogP contribution in [0.4, 0.5) is 0 Å². The van der Waals surface area contributed by atoms with Crippen molar-refractivity contribution in [1.29, 1.82) is 0 Å². The number of carbonyl (C=O) groups excluding carboxylic acids is 1. The van der Waals surface area contributed by atoms with E-state index in [1.54, 1.807) is 13.1 Å².